The Hall–Kier alpha value is -1.44. The molecule has 1 aromatic heterocycles. The van der Waals surface area contributed by atoms with Gasteiger partial charge in [-0.05, 0) is 26.8 Å². The summed E-state index contributed by atoms with van der Waals surface area (Å²) in [6.07, 6.45) is 0.360. The number of hydrogen-bond acceptors (Lipinski definition) is 4. The molecule has 5 nitrogen and oxygen atoms in total. The van der Waals surface area contributed by atoms with Gasteiger partial charge in [-0.3, -0.25) is 10.3 Å². The molecule has 1 aromatic rings. The summed E-state index contributed by atoms with van der Waals surface area (Å²) >= 11 is 3.19. The summed E-state index contributed by atoms with van der Waals surface area (Å²) in [4.78, 5) is 15.6. The number of nitrogens with one attached hydrogen (secondary N) is 1. The fourth-order valence-corrected chi connectivity index (χ4v) is 1.57. The van der Waals surface area contributed by atoms with Gasteiger partial charge in [0.15, 0.2) is 5.75 Å². The lowest BCUT2D eigenvalue weighted by Crippen LogP contribution is -2.27. The van der Waals surface area contributed by atoms with Crippen LogP contribution in [0.25, 0.3) is 0 Å². The Balaban J connectivity index is 2.92. The number of nitrogens with zero attached hydrogens (tertiary/aromatic N) is 1. The second-order valence-corrected chi connectivity index (χ2v) is 5.37. The summed E-state index contributed by atoms with van der Waals surface area (Å²) in [5, 5.41) is 2.77. The van der Waals surface area contributed by atoms with Crippen molar-refractivity contribution in [3.63, 3.8) is 0 Å². The lowest BCUT2D eigenvalue weighted by molar-refractivity contribution is -0.0496. The first-order chi connectivity index (χ1) is 9.21. The van der Waals surface area contributed by atoms with Crippen LogP contribution in [0.2, 0.25) is 0 Å². The number of pyridine rings is 1. The first-order valence-electron chi connectivity index (χ1n) is 5.71. The Morgan fingerprint density at radius 1 is 1.50 bits per heavy atom. The minimum Gasteiger partial charge on any atom is -0.444 e. The Morgan fingerprint density at radius 3 is 2.65 bits per heavy atom. The van der Waals surface area contributed by atoms with Crippen LogP contribution in [-0.2, 0) is 10.1 Å². The first kappa shape index (κ1) is 16.6. The third-order valence-corrected chi connectivity index (χ3v) is 2.49. The van der Waals surface area contributed by atoms with Crippen LogP contribution in [-0.4, -0.2) is 23.3 Å². The van der Waals surface area contributed by atoms with Crippen LogP contribution in [0.15, 0.2) is 12.3 Å². The van der Waals surface area contributed by atoms with Crippen LogP contribution < -0.4 is 10.1 Å². The summed E-state index contributed by atoms with van der Waals surface area (Å²) in [7, 11) is 0. The molecule has 0 unspecified atom stereocenters. The molecule has 0 aliphatic rings. The quantitative estimate of drug-likeness (QED) is 0.834. The number of alkyl halides is 3. The molecular formula is C12H15BrF2N2O3. The molecule has 0 saturated heterocycles. The van der Waals surface area contributed by atoms with Crippen molar-refractivity contribution in [2.24, 2.45) is 0 Å². The average Bonchev–Trinajstić information content (AvgIpc) is 2.28. The highest BCUT2D eigenvalue weighted by molar-refractivity contribution is 9.08. The Bertz CT molecular complexity index is 478. The molecule has 8 heteroatoms. The van der Waals surface area contributed by atoms with Crippen LogP contribution in [0, 0.1) is 0 Å². The minimum atomic E-state index is -3.01. The molecule has 0 radical (unpaired) electrons. The van der Waals surface area contributed by atoms with Gasteiger partial charge in [-0.15, -0.1) is 0 Å². The van der Waals surface area contributed by atoms with Crippen LogP contribution in [0.5, 0.6) is 5.75 Å². The Morgan fingerprint density at radius 2 is 2.15 bits per heavy atom. The van der Waals surface area contributed by atoms with E-state index in [0.29, 0.717) is 11.0 Å². The second-order valence-electron chi connectivity index (χ2n) is 4.81. The first-order valence-corrected chi connectivity index (χ1v) is 6.83. The number of rotatable bonds is 4. The molecule has 1 N–H and O–H groups in total. The van der Waals surface area contributed by atoms with Gasteiger partial charge in [0.2, 0.25) is 0 Å². The molecule has 0 aliphatic heterocycles. The van der Waals surface area contributed by atoms with Crippen molar-refractivity contribution in [3.8, 4) is 5.75 Å². The number of anilines is 1. The number of halogens is 3. The van der Waals surface area contributed by atoms with Gasteiger partial charge in [-0.25, -0.2) is 4.79 Å². The van der Waals surface area contributed by atoms with Crippen LogP contribution >= 0.6 is 15.9 Å². The number of aromatic nitrogens is 1. The fraction of sp³-hybridized carbons (Fsp3) is 0.500. The standard InChI is InChI=1S/C12H15BrF2N2O3/c1-12(2,3)20-11(18)17-8-4-7(5-13)16-6-9(8)19-10(14)15/h4,6,10H,5H2,1-3H3,(H,16,17,18). The van der Waals surface area contributed by atoms with E-state index in [1.165, 1.54) is 6.07 Å². The van der Waals surface area contributed by atoms with Crippen molar-refractivity contribution >= 4 is 27.7 Å². The molecule has 1 heterocycles. The third-order valence-electron chi connectivity index (χ3n) is 1.91. The SMILES string of the molecule is CC(C)(C)OC(=O)Nc1cc(CBr)ncc1OC(F)F. The Labute approximate surface area is 123 Å². The number of hydrogen-bond donors (Lipinski definition) is 1. The highest BCUT2D eigenvalue weighted by Gasteiger charge is 2.19. The van der Waals surface area contributed by atoms with Crippen LogP contribution in [0.4, 0.5) is 19.3 Å². The largest absolute Gasteiger partial charge is 0.444 e. The minimum absolute atomic E-state index is 0.0731. The zero-order valence-electron chi connectivity index (χ0n) is 11.2. The monoisotopic (exact) mass is 352 g/mol. The van der Waals surface area contributed by atoms with Crippen molar-refractivity contribution in [3.05, 3.63) is 18.0 Å². The van der Waals surface area contributed by atoms with Crippen molar-refractivity contribution < 1.29 is 23.0 Å². The molecular weight excluding hydrogens is 338 g/mol. The van der Waals surface area contributed by atoms with Crippen molar-refractivity contribution in [1.29, 1.82) is 0 Å². The van der Waals surface area contributed by atoms with Gasteiger partial charge in [0.1, 0.15) is 5.60 Å². The molecule has 1 rings (SSSR count). The van der Waals surface area contributed by atoms with E-state index >= 15 is 0 Å². The summed E-state index contributed by atoms with van der Waals surface area (Å²) in [6.45, 7) is 2.07. The topological polar surface area (TPSA) is 60.5 Å². The molecule has 0 aromatic carbocycles. The smallest absolute Gasteiger partial charge is 0.412 e. The van der Waals surface area contributed by atoms with E-state index < -0.39 is 18.3 Å². The highest BCUT2D eigenvalue weighted by atomic mass is 79.9. The van der Waals surface area contributed by atoms with Crippen molar-refractivity contribution in [2.45, 2.75) is 38.3 Å². The lowest BCUT2D eigenvalue weighted by Gasteiger charge is -2.20. The molecule has 0 fully saturated rings. The van der Waals surface area contributed by atoms with Gasteiger partial charge >= 0.3 is 12.7 Å². The maximum atomic E-state index is 12.3. The molecule has 112 valence electrons. The molecule has 0 atom stereocenters. The van der Waals surface area contributed by atoms with E-state index in [-0.39, 0.29) is 11.4 Å². The zero-order valence-corrected chi connectivity index (χ0v) is 12.8. The van der Waals surface area contributed by atoms with Gasteiger partial charge in [-0.2, -0.15) is 8.78 Å². The molecule has 0 bridgehead atoms. The summed E-state index contributed by atoms with van der Waals surface area (Å²) in [6, 6.07) is 1.43. The maximum absolute atomic E-state index is 12.3. The fourth-order valence-electron chi connectivity index (χ4n) is 1.26. The highest BCUT2D eigenvalue weighted by Crippen LogP contribution is 2.27. The Kier molecular flexibility index (Phi) is 5.67. The van der Waals surface area contributed by atoms with Gasteiger partial charge < -0.3 is 9.47 Å². The number of carbonyl (C=O) groups excluding carboxylic acids is 1. The van der Waals surface area contributed by atoms with E-state index in [2.05, 4.69) is 31.0 Å². The molecule has 20 heavy (non-hydrogen) atoms. The normalized spacial score (nSPS) is 11.3. The van der Waals surface area contributed by atoms with E-state index in [1.54, 1.807) is 20.8 Å². The van der Waals surface area contributed by atoms with Crippen LogP contribution in [0.1, 0.15) is 26.5 Å². The van der Waals surface area contributed by atoms with Gasteiger partial charge in [0.05, 0.1) is 17.6 Å². The van der Waals surface area contributed by atoms with E-state index in [0.717, 1.165) is 6.20 Å². The van der Waals surface area contributed by atoms with E-state index in [9.17, 15) is 13.6 Å². The number of amides is 1. The van der Waals surface area contributed by atoms with Gasteiger partial charge in [0.25, 0.3) is 0 Å². The van der Waals surface area contributed by atoms with E-state index in [1.807, 2.05) is 0 Å². The number of carbonyl (C=O) groups is 1. The van der Waals surface area contributed by atoms with Crippen LogP contribution in [0.3, 0.4) is 0 Å². The number of ether oxygens (including phenoxy) is 2. The maximum Gasteiger partial charge on any atom is 0.412 e. The summed E-state index contributed by atoms with van der Waals surface area (Å²) in [5.74, 6) is -0.226. The molecule has 1 amide bonds. The third kappa shape index (κ3) is 5.68. The zero-order chi connectivity index (χ0) is 15.3. The van der Waals surface area contributed by atoms with Crippen molar-refractivity contribution in [1.82, 2.24) is 4.98 Å². The second kappa shape index (κ2) is 6.83. The van der Waals surface area contributed by atoms with Crippen molar-refractivity contribution in [2.75, 3.05) is 5.32 Å². The molecule has 0 spiro atoms. The summed E-state index contributed by atoms with van der Waals surface area (Å²) < 4.78 is 33.9. The van der Waals surface area contributed by atoms with Gasteiger partial charge in [0, 0.05) is 5.33 Å². The molecule has 0 aliphatic carbocycles. The van der Waals surface area contributed by atoms with E-state index in [4.69, 9.17) is 4.74 Å². The predicted molar refractivity (Wildman–Crippen MR) is 73.4 cm³/mol. The average molecular weight is 353 g/mol. The lowest BCUT2D eigenvalue weighted by atomic mass is 10.2. The summed E-state index contributed by atoms with van der Waals surface area (Å²) in [5.41, 5.74) is -0.0688. The molecule has 0 saturated carbocycles. The predicted octanol–water partition coefficient (Wildman–Crippen LogP) is 3.92. The van der Waals surface area contributed by atoms with Gasteiger partial charge in [-0.1, -0.05) is 15.9 Å².